The van der Waals surface area contributed by atoms with Crippen LogP contribution in [0.3, 0.4) is 0 Å². The van der Waals surface area contributed by atoms with Crippen molar-refractivity contribution in [1.82, 2.24) is 4.98 Å². The fourth-order valence-electron chi connectivity index (χ4n) is 2.31. The zero-order valence-corrected chi connectivity index (χ0v) is 11.1. The summed E-state index contributed by atoms with van der Waals surface area (Å²) in [6.07, 6.45) is 4.44. The second-order valence-corrected chi connectivity index (χ2v) is 5.33. The minimum atomic E-state index is 0.871. The first-order valence-electron chi connectivity index (χ1n) is 6.38. The average Bonchev–Trinajstić information content (AvgIpc) is 3.10. The highest BCUT2D eigenvalue weighted by atomic mass is 32.1. The molecule has 1 saturated heterocycles. The first-order valence-corrected chi connectivity index (χ1v) is 7.33. The number of rotatable bonds is 4. The summed E-state index contributed by atoms with van der Waals surface area (Å²) in [5.74, 6) is 1.10. The van der Waals surface area contributed by atoms with Gasteiger partial charge in [0.1, 0.15) is 0 Å². The van der Waals surface area contributed by atoms with E-state index in [9.17, 15) is 0 Å². The molecule has 4 heteroatoms. The van der Waals surface area contributed by atoms with E-state index < -0.39 is 0 Å². The molecule has 0 saturated carbocycles. The van der Waals surface area contributed by atoms with E-state index in [1.807, 2.05) is 12.3 Å². The van der Waals surface area contributed by atoms with Crippen LogP contribution in [-0.2, 0) is 6.54 Å². The van der Waals surface area contributed by atoms with Gasteiger partial charge in [-0.25, -0.2) is 4.98 Å². The Morgan fingerprint density at radius 1 is 1.28 bits per heavy atom. The van der Waals surface area contributed by atoms with Crippen LogP contribution in [0.25, 0.3) is 0 Å². The van der Waals surface area contributed by atoms with E-state index in [1.54, 1.807) is 11.3 Å². The van der Waals surface area contributed by atoms with E-state index >= 15 is 0 Å². The molecule has 0 aliphatic carbocycles. The summed E-state index contributed by atoms with van der Waals surface area (Å²) in [6.45, 7) is 3.13. The molecule has 3 rings (SSSR count). The SMILES string of the molecule is c1cnc(N2CCCC2)c(NCc2ccsc2)c1. The molecule has 0 atom stereocenters. The Morgan fingerprint density at radius 2 is 2.17 bits per heavy atom. The van der Waals surface area contributed by atoms with Gasteiger partial charge in [0.05, 0.1) is 5.69 Å². The first kappa shape index (κ1) is 11.5. The van der Waals surface area contributed by atoms with Gasteiger partial charge in [-0.1, -0.05) is 0 Å². The van der Waals surface area contributed by atoms with Crippen LogP contribution in [0.2, 0.25) is 0 Å². The van der Waals surface area contributed by atoms with E-state index in [2.05, 4.69) is 38.1 Å². The third-order valence-corrected chi connectivity index (χ3v) is 3.99. The van der Waals surface area contributed by atoms with Gasteiger partial charge in [-0.2, -0.15) is 11.3 Å². The van der Waals surface area contributed by atoms with Crippen LogP contribution >= 0.6 is 11.3 Å². The maximum absolute atomic E-state index is 4.53. The van der Waals surface area contributed by atoms with Crippen molar-refractivity contribution in [1.29, 1.82) is 0 Å². The quantitative estimate of drug-likeness (QED) is 0.912. The van der Waals surface area contributed by atoms with Gasteiger partial charge in [-0.05, 0) is 47.4 Å². The summed E-state index contributed by atoms with van der Waals surface area (Å²) in [6, 6.07) is 6.27. The standard InChI is InChI=1S/C14H17N3S/c1-2-8-17(7-1)14-13(4-3-6-15-14)16-10-12-5-9-18-11-12/h3-6,9,11,16H,1-2,7-8,10H2. The van der Waals surface area contributed by atoms with Crippen LogP contribution in [-0.4, -0.2) is 18.1 Å². The lowest BCUT2D eigenvalue weighted by molar-refractivity contribution is 0.935. The van der Waals surface area contributed by atoms with Crippen LogP contribution in [0.4, 0.5) is 11.5 Å². The van der Waals surface area contributed by atoms with Crippen LogP contribution in [0.15, 0.2) is 35.2 Å². The van der Waals surface area contributed by atoms with Gasteiger partial charge in [0.2, 0.25) is 0 Å². The molecule has 2 aromatic rings. The second-order valence-electron chi connectivity index (χ2n) is 4.55. The number of hydrogen-bond donors (Lipinski definition) is 1. The lowest BCUT2D eigenvalue weighted by atomic mass is 10.3. The van der Waals surface area contributed by atoms with Crippen LogP contribution in [0.5, 0.6) is 0 Å². The summed E-state index contributed by atoms with van der Waals surface area (Å²) >= 11 is 1.74. The number of thiophene rings is 1. The smallest absolute Gasteiger partial charge is 0.151 e. The lowest BCUT2D eigenvalue weighted by Crippen LogP contribution is -2.20. The van der Waals surface area contributed by atoms with Crippen LogP contribution in [0, 0.1) is 0 Å². The molecule has 1 fully saturated rings. The third-order valence-electron chi connectivity index (χ3n) is 3.26. The molecule has 2 aromatic heterocycles. The molecule has 0 bridgehead atoms. The summed E-state index contributed by atoms with van der Waals surface area (Å²) in [5, 5.41) is 7.79. The fourth-order valence-corrected chi connectivity index (χ4v) is 2.98. The van der Waals surface area contributed by atoms with Crippen LogP contribution < -0.4 is 10.2 Å². The van der Waals surface area contributed by atoms with Gasteiger partial charge in [0.15, 0.2) is 5.82 Å². The number of nitrogens with zero attached hydrogens (tertiary/aromatic N) is 2. The van der Waals surface area contributed by atoms with Crippen molar-refractivity contribution >= 4 is 22.8 Å². The fraction of sp³-hybridized carbons (Fsp3) is 0.357. The van der Waals surface area contributed by atoms with Crippen LogP contribution in [0.1, 0.15) is 18.4 Å². The largest absolute Gasteiger partial charge is 0.378 e. The highest BCUT2D eigenvalue weighted by Gasteiger charge is 2.16. The molecule has 94 valence electrons. The van der Waals surface area contributed by atoms with Gasteiger partial charge in [0, 0.05) is 25.8 Å². The number of nitrogens with one attached hydrogen (secondary N) is 1. The summed E-state index contributed by atoms with van der Waals surface area (Å²) in [7, 11) is 0. The van der Waals surface area contributed by atoms with E-state index in [-0.39, 0.29) is 0 Å². The molecule has 1 aliphatic heterocycles. The monoisotopic (exact) mass is 259 g/mol. The maximum Gasteiger partial charge on any atom is 0.151 e. The predicted molar refractivity (Wildman–Crippen MR) is 77.3 cm³/mol. The van der Waals surface area contributed by atoms with Crippen molar-refractivity contribution < 1.29 is 0 Å². The van der Waals surface area contributed by atoms with Gasteiger partial charge in [-0.15, -0.1) is 0 Å². The zero-order valence-electron chi connectivity index (χ0n) is 10.3. The molecule has 0 radical (unpaired) electrons. The molecule has 0 spiro atoms. The van der Waals surface area contributed by atoms with E-state index in [1.165, 1.54) is 18.4 Å². The molecule has 3 heterocycles. The van der Waals surface area contributed by atoms with Gasteiger partial charge < -0.3 is 10.2 Å². The Balaban J connectivity index is 1.74. The number of hydrogen-bond acceptors (Lipinski definition) is 4. The Bertz CT molecular complexity index is 490. The molecule has 0 unspecified atom stereocenters. The first-order chi connectivity index (χ1) is 8.93. The topological polar surface area (TPSA) is 28.2 Å². The molecule has 3 nitrogen and oxygen atoms in total. The number of pyridine rings is 1. The Hall–Kier alpha value is -1.55. The molecular weight excluding hydrogens is 242 g/mol. The zero-order chi connectivity index (χ0) is 12.2. The minimum Gasteiger partial charge on any atom is -0.378 e. The Morgan fingerprint density at radius 3 is 2.94 bits per heavy atom. The van der Waals surface area contributed by atoms with Crippen molar-refractivity contribution in [2.24, 2.45) is 0 Å². The molecule has 1 aliphatic rings. The Labute approximate surface area is 111 Å². The normalized spacial score (nSPS) is 15.0. The lowest BCUT2D eigenvalue weighted by Gasteiger charge is -2.20. The van der Waals surface area contributed by atoms with Crippen molar-refractivity contribution in [2.75, 3.05) is 23.3 Å². The Kier molecular flexibility index (Phi) is 3.46. The molecule has 1 N–H and O–H groups in total. The highest BCUT2D eigenvalue weighted by Crippen LogP contribution is 2.26. The van der Waals surface area contributed by atoms with Gasteiger partial charge >= 0.3 is 0 Å². The summed E-state index contributed by atoms with van der Waals surface area (Å²) in [4.78, 5) is 6.90. The van der Waals surface area contributed by atoms with Gasteiger partial charge in [0.25, 0.3) is 0 Å². The van der Waals surface area contributed by atoms with Crippen molar-refractivity contribution in [2.45, 2.75) is 19.4 Å². The molecular formula is C14H17N3S. The summed E-state index contributed by atoms with van der Waals surface area (Å²) < 4.78 is 0. The number of aromatic nitrogens is 1. The van der Waals surface area contributed by atoms with Crippen molar-refractivity contribution in [3.05, 3.63) is 40.7 Å². The van der Waals surface area contributed by atoms with Crippen molar-refractivity contribution in [3.8, 4) is 0 Å². The maximum atomic E-state index is 4.53. The molecule has 18 heavy (non-hydrogen) atoms. The van der Waals surface area contributed by atoms with Crippen molar-refractivity contribution in [3.63, 3.8) is 0 Å². The van der Waals surface area contributed by atoms with E-state index in [0.29, 0.717) is 0 Å². The predicted octanol–water partition coefficient (Wildman–Crippen LogP) is 3.36. The highest BCUT2D eigenvalue weighted by molar-refractivity contribution is 7.07. The van der Waals surface area contributed by atoms with Gasteiger partial charge in [-0.3, -0.25) is 0 Å². The second kappa shape index (κ2) is 5.40. The molecule has 0 aromatic carbocycles. The average molecular weight is 259 g/mol. The van der Waals surface area contributed by atoms with E-state index in [4.69, 9.17) is 0 Å². The number of anilines is 2. The minimum absolute atomic E-state index is 0.871. The third kappa shape index (κ3) is 2.48. The molecule has 0 amide bonds. The van der Waals surface area contributed by atoms with E-state index in [0.717, 1.165) is 31.1 Å². The summed E-state index contributed by atoms with van der Waals surface area (Å²) in [5.41, 5.74) is 2.47.